The largest absolute Gasteiger partial charge is 0.497 e. The van der Waals surface area contributed by atoms with Gasteiger partial charge in [-0.15, -0.1) is 0 Å². The first-order chi connectivity index (χ1) is 19.6. The highest BCUT2D eigenvalue weighted by atomic mass is 16.5. The average molecular weight is 533 g/mol. The maximum Gasteiger partial charge on any atom is 0.338 e. The summed E-state index contributed by atoms with van der Waals surface area (Å²) in [6.45, 7) is 0. The summed E-state index contributed by atoms with van der Waals surface area (Å²) in [6, 6.07) is 27.4. The van der Waals surface area contributed by atoms with Crippen molar-refractivity contribution in [1.82, 2.24) is 0 Å². The van der Waals surface area contributed by atoms with Crippen LogP contribution < -0.4 is 9.47 Å². The maximum absolute atomic E-state index is 12.2. The Morgan fingerprint density at radius 2 is 1.48 bits per heavy atom. The van der Waals surface area contributed by atoms with E-state index in [1.54, 1.807) is 44.6 Å². The van der Waals surface area contributed by atoms with Crippen LogP contribution in [0.5, 0.6) is 11.5 Å². The molecule has 0 aliphatic carbocycles. The molecule has 5 aromatic rings. The van der Waals surface area contributed by atoms with Crippen LogP contribution in [0.4, 0.5) is 5.88 Å². The number of hydrogen-bond acceptors (Lipinski definition) is 8. The molecule has 0 spiro atoms. The number of hydrogen-bond donors (Lipinski definition) is 0. The van der Waals surface area contributed by atoms with Gasteiger partial charge in [-0.05, 0) is 60.2 Å². The Morgan fingerprint density at radius 1 is 0.825 bits per heavy atom. The molecule has 198 valence electrons. The second kappa shape index (κ2) is 11.5. The van der Waals surface area contributed by atoms with E-state index in [0.29, 0.717) is 45.5 Å². The van der Waals surface area contributed by atoms with Crippen LogP contribution in [0, 0.1) is 11.3 Å². The number of carbonyl (C=O) groups is 1. The Bertz CT molecular complexity index is 1720. The van der Waals surface area contributed by atoms with Crippen molar-refractivity contribution in [3.8, 4) is 51.3 Å². The van der Waals surface area contributed by atoms with Crippen LogP contribution in [0.2, 0.25) is 0 Å². The van der Waals surface area contributed by atoms with Crippen molar-refractivity contribution in [1.29, 1.82) is 5.26 Å². The van der Waals surface area contributed by atoms with Crippen molar-refractivity contribution in [3.05, 3.63) is 102 Å². The summed E-state index contributed by atoms with van der Waals surface area (Å²) in [5.41, 5.74) is 3.38. The molecule has 2 aromatic heterocycles. The highest BCUT2D eigenvalue weighted by molar-refractivity contribution is 5.97. The number of nitriles is 1. The van der Waals surface area contributed by atoms with Crippen LogP contribution in [-0.2, 0) is 4.74 Å². The topological polar surface area (TPSA) is 107 Å². The number of furan rings is 2. The van der Waals surface area contributed by atoms with Gasteiger partial charge in [0.15, 0.2) is 0 Å². The van der Waals surface area contributed by atoms with Gasteiger partial charge in [-0.3, -0.25) is 0 Å². The van der Waals surface area contributed by atoms with E-state index in [4.69, 9.17) is 23.0 Å². The number of carbonyl (C=O) groups excluding carboxylic acids is 1. The van der Waals surface area contributed by atoms with E-state index in [-0.39, 0.29) is 11.4 Å². The van der Waals surface area contributed by atoms with Crippen LogP contribution in [0.15, 0.2) is 98.8 Å². The fourth-order valence-corrected chi connectivity index (χ4v) is 4.27. The molecular formula is C32H24N2O6. The molecule has 0 unspecified atom stereocenters. The van der Waals surface area contributed by atoms with Crippen molar-refractivity contribution in [2.75, 3.05) is 21.3 Å². The summed E-state index contributed by atoms with van der Waals surface area (Å²) >= 11 is 0. The molecular weight excluding hydrogens is 508 g/mol. The Kier molecular flexibility index (Phi) is 7.47. The van der Waals surface area contributed by atoms with Crippen LogP contribution >= 0.6 is 0 Å². The third-order valence-electron chi connectivity index (χ3n) is 6.27. The Labute approximate surface area is 230 Å². The molecule has 0 aliphatic rings. The lowest BCUT2D eigenvalue weighted by Crippen LogP contribution is -2.02. The minimum atomic E-state index is -0.464. The summed E-state index contributed by atoms with van der Waals surface area (Å²) in [4.78, 5) is 16.7. The SMILES string of the molecule is COC(=O)c1ccccc1-c1ccc(C=Nc2oc(-c3ccc(OC)cc3)c(-c3ccc(OC)cc3)c2C#N)o1. The Balaban J connectivity index is 1.56. The molecule has 0 radical (unpaired) electrons. The normalized spacial score (nSPS) is 10.8. The molecule has 0 saturated heterocycles. The van der Waals surface area contributed by atoms with Crippen LogP contribution in [0.3, 0.4) is 0 Å². The molecule has 8 heteroatoms. The summed E-state index contributed by atoms with van der Waals surface area (Å²) in [5, 5.41) is 10.2. The molecule has 0 bridgehead atoms. The van der Waals surface area contributed by atoms with Gasteiger partial charge in [-0.1, -0.05) is 30.3 Å². The number of benzene rings is 3. The van der Waals surface area contributed by atoms with Crippen LogP contribution in [-0.4, -0.2) is 33.5 Å². The third-order valence-corrected chi connectivity index (χ3v) is 6.27. The summed E-state index contributed by atoms with van der Waals surface area (Å²) in [5.74, 6) is 2.43. The van der Waals surface area contributed by atoms with Crippen molar-refractivity contribution in [3.63, 3.8) is 0 Å². The van der Waals surface area contributed by atoms with Crippen molar-refractivity contribution in [2.24, 2.45) is 4.99 Å². The van der Waals surface area contributed by atoms with E-state index in [2.05, 4.69) is 11.1 Å². The molecule has 5 rings (SSSR count). The van der Waals surface area contributed by atoms with Gasteiger partial charge in [-0.2, -0.15) is 5.26 Å². The van der Waals surface area contributed by atoms with Crippen LogP contribution in [0.25, 0.3) is 33.8 Å². The Hall–Kier alpha value is -5.55. The zero-order valence-corrected chi connectivity index (χ0v) is 22.0. The molecule has 2 heterocycles. The molecule has 0 N–H and O–H groups in total. The quantitative estimate of drug-likeness (QED) is 0.152. The number of nitrogens with zero attached hydrogens (tertiary/aromatic N) is 2. The van der Waals surface area contributed by atoms with Crippen molar-refractivity contribution < 1.29 is 27.8 Å². The lowest BCUT2D eigenvalue weighted by atomic mass is 9.98. The smallest absolute Gasteiger partial charge is 0.338 e. The first-order valence-electron chi connectivity index (χ1n) is 12.2. The monoisotopic (exact) mass is 532 g/mol. The second-order valence-corrected chi connectivity index (χ2v) is 8.55. The van der Waals surface area contributed by atoms with E-state index < -0.39 is 5.97 Å². The van der Waals surface area contributed by atoms with Crippen molar-refractivity contribution in [2.45, 2.75) is 0 Å². The summed E-state index contributed by atoms with van der Waals surface area (Å²) in [6.07, 6.45) is 1.47. The number of methoxy groups -OCH3 is 3. The molecule has 0 aliphatic heterocycles. The lowest BCUT2D eigenvalue weighted by Gasteiger charge is -2.06. The minimum absolute atomic E-state index is 0.132. The lowest BCUT2D eigenvalue weighted by molar-refractivity contribution is 0.0601. The van der Waals surface area contributed by atoms with Gasteiger partial charge in [0.05, 0.1) is 33.1 Å². The second-order valence-electron chi connectivity index (χ2n) is 8.55. The fraction of sp³-hybridized carbons (Fsp3) is 0.0938. The van der Waals surface area contributed by atoms with Crippen molar-refractivity contribution >= 4 is 18.1 Å². The molecule has 0 fully saturated rings. The average Bonchev–Trinajstić information content (AvgIpc) is 3.64. The highest BCUT2D eigenvalue weighted by Gasteiger charge is 2.23. The number of ether oxygens (including phenoxy) is 3. The van der Waals surface area contributed by atoms with E-state index >= 15 is 0 Å². The zero-order valence-electron chi connectivity index (χ0n) is 22.0. The van der Waals surface area contributed by atoms with Gasteiger partial charge in [0, 0.05) is 16.7 Å². The first-order valence-corrected chi connectivity index (χ1v) is 12.2. The predicted octanol–water partition coefficient (Wildman–Crippen LogP) is 7.30. The number of rotatable bonds is 8. The molecule has 0 atom stereocenters. The fourth-order valence-electron chi connectivity index (χ4n) is 4.27. The molecule has 0 saturated carbocycles. The van der Waals surface area contributed by atoms with Crippen LogP contribution in [0.1, 0.15) is 21.7 Å². The highest BCUT2D eigenvalue weighted by Crippen LogP contribution is 2.43. The summed E-state index contributed by atoms with van der Waals surface area (Å²) in [7, 11) is 4.52. The van der Waals surface area contributed by atoms with E-state index in [9.17, 15) is 10.1 Å². The molecule has 40 heavy (non-hydrogen) atoms. The molecule has 3 aromatic carbocycles. The number of esters is 1. The van der Waals surface area contributed by atoms with Gasteiger partial charge < -0.3 is 23.0 Å². The third kappa shape index (κ3) is 5.08. The van der Waals surface area contributed by atoms with E-state index in [1.165, 1.54) is 13.3 Å². The predicted molar refractivity (Wildman–Crippen MR) is 150 cm³/mol. The molecule has 8 nitrogen and oxygen atoms in total. The van der Waals surface area contributed by atoms with Gasteiger partial charge >= 0.3 is 5.97 Å². The Morgan fingerprint density at radius 3 is 2.10 bits per heavy atom. The van der Waals surface area contributed by atoms with Gasteiger partial charge in [0.2, 0.25) is 5.88 Å². The summed E-state index contributed by atoms with van der Waals surface area (Å²) < 4.78 is 27.6. The van der Waals surface area contributed by atoms with Gasteiger partial charge in [-0.25, -0.2) is 9.79 Å². The van der Waals surface area contributed by atoms with E-state index in [0.717, 1.165) is 11.1 Å². The standard InChI is InChI=1S/C32H24N2O6/c1-36-22-12-8-20(9-13-22)29-27(18-33)31(40-30(29)21-10-14-23(37-2)15-11-21)34-19-24-16-17-28(39-24)25-6-4-5-7-26(25)32(35)38-3/h4-17,19H,1-3H3. The van der Waals surface area contributed by atoms with E-state index in [1.807, 2.05) is 54.6 Å². The maximum atomic E-state index is 12.2. The number of aliphatic imine (C=N–C) groups is 1. The zero-order chi connectivity index (χ0) is 28.1. The van der Waals surface area contributed by atoms with Gasteiger partial charge in [0.25, 0.3) is 0 Å². The van der Waals surface area contributed by atoms with Gasteiger partial charge in [0.1, 0.15) is 40.4 Å². The first kappa shape index (κ1) is 26.1. The molecule has 0 amide bonds. The minimum Gasteiger partial charge on any atom is -0.497 e.